The molecule has 150 valence electrons. The molecule has 1 heterocycles. The molecule has 1 fully saturated rings. The van der Waals surface area contributed by atoms with Crippen LogP contribution in [-0.4, -0.2) is 55.8 Å². The number of hydrogen-bond donors (Lipinski definition) is 1. The van der Waals surface area contributed by atoms with Gasteiger partial charge in [0.05, 0.1) is 17.6 Å². The van der Waals surface area contributed by atoms with Crippen LogP contribution in [0.25, 0.3) is 0 Å². The summed E-state index contributed by atoms with van der Waals surface area (Å²) in [6.45, 7) is 6.94. The lowest BCUT2D eigenvalue weighted by Crippen LogP contribution is -2.49. The molecule has 0 aromatic heterocycles. The molecule has 8 heteroatoms. The molecular formula is C19H28N2O5S. The van der Waals surface area contributed by atoms with Crippen molar-refractivity contribution in [2.24, 2.45) is 5.41 Å². The molecule has 2 rings (SSSR count). The summed E-state index contributed by atoms with van der Waals surface area (Å²) in [5.74, 6) is -0.128. The molecule has 1 N–H and O–H groups in total. The predicted molar refractivity (Wildman–Crippen MR) is 104 cm³/mol. The molecule has 0 bridgehead atoms. The van der Waals surface area contributed by atoms with Gasteiger partial charge in [0.25, 0.3) is 0 Å². The highest BCUT2D eigenvalue weighted by molar-refractivity contribution is 7.91. The monoisotopic (exact) mass is 396 g/mol. The molecule has 1 saturated heterocycles. The Bertz CT molecular complexity index is 800. The number of sulfone groups is 1. The fourth-order valence-electron chi connectivity index (χ4n) is 2.96. The largest absolute Gasteiger partial charge is 0.491 e. The number of amides is 2. The second-order valence-electron chi connectivity index (χ2n) is 7.74. The molecule has 27 heavy (non-hydrogen) atoms. The first-order valence-corrected chi connectivity index (χ1v) is 10.8. The lowest BCUT2D eigenvalue weighted by molar-refractivity contribution is -0.146. The highest BCUT2D eigenvalue weighted by Gasteiger charge is 2.42. The van der Waals surface area contributed by atoms with E-state index in [0.29, 0.717) is 17.9 Å². The van der Waals surface area contributed by atoms with Gasteiger partial charge in [-0.15, -0.1) is 0 Å². The van der Waals surface area contributed by atoms with Crippen molar-refractivity contribution in [1.29, 1.82) is 0 Å². The summed E-state index contributed by atoms with van der Waals surface area (Å²) in [4.78, 5) is 26.9. The zero-order valence-electron chi connectivity index (χ0n) is 16.5. The Hall–Kier alpha value is -2.09. The third-order valence-electron chi connectivity index (χ3n) is 4.66. The second-order valence-corrected chi connectivity index (χ2v) is 9.97. The van der Waals surface area contributed by atoms with Gasteiger partial charge in [0.2, 0.25) is 11.8 Å². The number of ether oxygens (including phenoxy) is 1. The van der Waals surface area contributed by atoms with E-state index in [-0.39, 0.29) is 23.7 Å². The van der Waals surface area contributed by atoms with Crippen LogP contribution in [-0.2, 0) is 19.4 Å². The van der Waals surface area contributed by atoms with Crippen LogP contribution in [0.5, 0.6) is 5.75 Å². The number of carbonyl (C=O) groups excluding carboxylic acids is 2. The van der Waals surface area contributed by atoms with E-state index in [4.69, 9.17) is 4.74 Å². The van der Waals surface area contributed by atoms with Gasteiger partial charge in [0.1, 0.15) is 11.2 Å². The normalized spacial score (nSPS) is 19.0. The molecule has 0 radical (unpaired) electrons. The van der Waals surface area contributed by atoms with E-state index in [9.17, 15) is 18.0 Å². The summed E-state index contributed by atoms with van der Waals surface area (Å²) in [5.41, 5.74) is -0.767. The quantitative estimate of drug-likeness (QED) is 0.743. The standard InChI is InChI=1S/C19H28N2O5S/c1-13(2)26-16-8-6-14(7-9-16)20-17(22)19(3,4)18(23)21(5)15-10-11-27(24,25)12-15/h6-9,13,15H,10-12H2,1-5H3,(H,20,22). The molecule has 2 amide bonds. The zero-order valence-corrected chi connectivity index (χ0v) is 17.3. The number of carbonyl (C=O) groups is 2. The van der Waals surface area contributed by atoms with Crippen LogP contribution in [0.1, 0.15) is 34.1 Å². The van der Waals surface area contributed by atoms with Gasteiger partial charge >= 0.3 is 0 Å². The topological polar surface area (TPSA) is 92.8 Å². The van der Waals surface area contributed by atoms with Crippen molar-refractivity contribution in [3.8, 4) is 5.75 Å². The van der Waals surface area contributed by atoms with Gasteiger partial charge in [0.15, 0.2) is 9.84 Å². The Kier molecular flexibility index (Phi) is 6.19. The third kappa shape index (κ3) is 5.22. The van der Waals surface area contributed by atoms with Crippen LogP contribution in [0.2, 0.25) is 0 Å². The smallest absolute Gasteiger partial charge is 0.239 e. The van der Waals surface area contributed by atoms with Crippen molar-refractivity contribution < 1.29 is 22.7 Å². The molecule has 0 saturated carbocycles. The molecular weight excluding hydrogens is 368 g/mol. The molecule has 7 nitrogen and oxygen atoms in total. The van der Waals surface area contributed by atoms with Crippen molar-refractivity contribution in [3.05, 3.63) is 24.3 Å². The lowest BCUT2D eigenvalue weighted by atomic mass is 9.89. The van der Waals surface area contributed by atoms with Crippen molar-refractivity contribution >= 4 is 27.3 Å². The average molecular weight is 397 g/mol. The van der Waals surface area contributed by atoms with Gasteiger partial charge < -0.3 is 15.0 Å². The Morgan fingerprint density at radius 2 is 1.81 bits per heavy atom. The highest BCUT2D eigenvalue weighted by Crippen LogP contribution is 2.26. The molecule has 1 aromatic rings. The summed E-state index contributed by atoms with van der Waals surface area (Å²) >= 11 is 0. The Morgan fingerprint density at radius 1 is 1.22 bits per heavy atom. The van der Waals surface area contributed by atoms with E-state index in [0.717, 1.165) is 0 Å². The summed E-state index contributed by atoms with van der Waals surface area (Å²) in [6, 6.07) is 6.54. The summed E-state index contributed by atoms with van der Waals surface area (Å²) in [6.07, 6.45) is 0.455. The van der Waals surface area contributed by atoms with E-state index < -0.39 is 27.1 Å². The molecule has 1 atom stereocenters. The number of nitrogens with one attached hydrogen (secondary N) is 1. The molecule has 0 spiro atoms. The van der Waals surface area contributed by atoms with Crippen LogP contribution in [0, 0.1) is 5.41 Å². The van der Waals surface area contributed by atoms with Gasteiger partial charge in [-0.05, 0) is 58.4 Å². The van der Waals surface area contributed by atoms with E-state index in [2.05, 4.69) is 5.32 Å². The minimum absolute atomic E-state index is 0.0513. The number of hydrogen-bond acceptors (Lipinski definition) is 5. The van der Waals surface area contributed by atoms with Gasteiger partial charge in [0, 0.05) is 18.8 Å². The van der Waals surface area contributed by atoms with Crippen molar-refractivity contribution in [2.45, 2.75) is 46.3 Å². The van der Waals surface area contributed by atoms with E-state index >= 15 is 0 Å². The van der Waals surface area contributed by atoms with Crippen LogP contribution >= 0.6 is 0 Å². The Balaban J connectivity index is 2.04. The average Bonchev–Trinajstić information content (AvgIpc) is 2.94. The molecule has 1 aliphatic heterocycles. The van der Waals surface area contributed by atoms with E-state index in [1.807, 2.05) is 13.8 Å². The highest BCUT2D eigenvalue weighted by atomic mass is 32.2. The zero-order chi connectivity index (χ0) is 20.4. The van der Waals surface area contributed by atoms with Crippen LogP contribution in [0.3, 0.4) is 0 Å². The number of rotatable bonds is 6. The second kappa shape index (κ2) is 7.88. The Morgan fingerprint density at radius 3 is 2.30 bits per heavy atom. The Labute approximate surface area is 161 Å². The SMILES string of the molecule is CC(C)Oc1ccc(NC(=O)C(C)(C)C(=O)N(C)C2CCS(=O)(=O)C2)cc1. The van der Waals surface area contributed by atoms with Crippen molar-refractivity contribution in [1.82, 2.24) is 4.90 Å². The first-order valence-electron chi connectivity index (χ1n) is 8.98. The molecule has 1 unspecified atom stereocenters. The maximum atomic E-state index is 12.8. The van der Waals surface area contributed by atoms with Gasteiger partial charge in [-0.2, -0.15) is 0 Å². The van der Waals surface area contributed by atoms with E-state index in [1.54, 1.807) is 45.2 Å². The van der Waals surface area contributed by atoms with Gasteiger partial charge in [-0.25, -0.2) is 8.42 Å². The summed E-state index contributed by atoms with van der Waals surface area (Å²) < 4.78 is 28.9. The van der Waals surface area contributed by atoms with Crippen molar-refractivity contribution in [2.75, 3.05) is 23.9 Å². The van der Waals surface area contributed by atoms with Crippen LogP contribution in [0.15, 0.2) is 24.3 Å². The van der Waals surface area contributed by atoms with Crippen molar-refractivity contribution in [3.63, 3.8) is 0 Å². The fraction of sp³-hybridized carbons (Fsp3) is 0.579. The predicted octanol–water partition coefficient (Wildman–Crippen LogP) is 2.08. The minimum atomic E-state index is -3.11. The minimum Gasteiger partial charge on any atom is -0.491 e. The summed E-state index contributed by atoms with van der Waals surface area (Å²) in [5, 5.41) is 2.75. The van der Waals surface area contributed by atoms with Crippen LogP contribution in [0.4, 0.5) is 5.69 Å². The maximum Gasteiger partial charge on any atom is 0.239 e. The molecule has 1 aromatic carbocycles. The molecule has 1 aliphatic rings. The maximum absolute atomic E-state index is 12.8. The fourth-order valence-corrected chi connectivity index (χ4v) is 4.74. The molecule has 0 aliphatic carbocycles. The number of anilines is 1. The first-order chi connectivity index (χ1) is 12.4. The van der Waals surface area contributed by atoms with Gasteiger partial charge in [-0.1, -0.05) is 0 Å². The van der Waals surface area contributed by atoms with Crippen LogP contribution < -0.4 is 10.1 Å². The van der Waals surface area contributed by atoms with E-state index in [1.165, 1.54) is 4.90 Å². The lowest BCUT2D eigenvalue weighted by Gasteiger charge is -2.31. The summed E-state index contributed by atoms with van der Waals surface area (Å²) in [7, 11) is -1.55. The first kappa shape index (κ1) is 21.2. The number of nitrogens with zero attached hydrogens (tertiary/aromatic N) is 1. The van der Waals surface area contributed by atoms with Gasteiger partial charge in [-0.3, -0.25) is 9.59 Å². The third-order valence-corrected chi connectivity index (χ3v) is 6.41. The number of benzene rings is 1.